The molecule has 3 heterocycles. The van der Waals surface area contributed by atoms with Crippen molar-refractivity contribution in [1.82, 2.24) is 13.9 Å². The third kappa shape index (κ3) is 3.88. The number of rotatable bonds is 5. The second kappa shape index (κ2) is 8.59. The molecule has 1 aliphatic heterocycles. The van der Waals surface area contributed by atoms with Gasteiger partial charge >= 0.3 is 0 Å². The molecule has 2 aromatic heterocycles. The quantitative estimate of drug-likeness (QED) is 0.450. The van der Waals surface area contributed by atoms with Crippen LogP contribution in [0.4, 0.5) is 0 Å². The zero-order chi connectivity index (χ0) is 22.1. The summed E-state index contributed by atoms with van der Waals surface area (Å²) < 4.78 is 34.2. The summed E-state index contributed by atoms with van der Waals surface area (Å²) in [5.41, 5.74) is 2.41. The Balaban J connectivity index is 1.50. The van der Waals surface area contributed by atoms with Crippen molar-refractivity contribution >= 4 is 31.6 Å². The third-order valence-electron chi connectivity index (χ3n) is 5.50. The molecule has 32 heavy (non-hydrogen) atoms. The Hall–Kier alpha value is -2.85. The molecule has 5 rings (SSSR count). The van der Waals surface area contributed by atoms with Crippen LogP contribution in [0.5, 0.6) is 0 Å². The van der Waals surface area contributed by atoms with Crippen molar-refractivity contribution in [1.29, 1.82) is 0 Å². The number of nitrogens with zero attached hydrogens (tertiary/aromatic N) is 3. The molecule has 1 aliphatic rings. The molecule has 0 spiro atoms. The lowest BCUT2D eigenvalue weighted by molar-refractivity contribution is 0.0730. The van der Waals surface area contributed by atoms with Crippen molar-refractivity contribution in [2.75, 3.05) is 26.3 Å². The molecule has 2 aromatic carbocycles. The highest BCUT2D eigenvalue weighted by Gasteiger charge is 2.26. The summed E-state index contributed by atoms with van der Waals surface area (Å²) in [7, 11) is -3.60. The smallest absolute Gasteiger partial charge is 0.263 e. The van der Waals surface area contributed by atoms with Gasteiger partial charge in [-0.15, -0.1) is 11.3 Å². The largest absolute Gasteiger partial charge is 0.379 e. The maximum atomic E-state index is 13.3. The first-order valence-corrected chi connectivity index (χ1v) is 12.5. The number of sulfonamides is 1. The van der Waals surface area contributed by atoms with Crippen LogP contribution in [0.3, 0.4) is 0 Å². The van der Waals surface area contributed by atoms with Gasteiger partial charge in [0.05, 0.1) is 36.4 Å². The highest BCUT2D eigenvalue weighted by molar-refractivity contribution is 7.89. The number of aromatic nitrogens is 2. The predicted molar refractivity (Wildman–Crippen MR) is 124 cm³/mol. The highest BCUT2D eigenvalue weighted by atomic mass is 32.2. The van der Waals surface area contributed by atoms with Crippen LogP contribution in [-0.4, -0.2) is 48.6 Å². The Morgan fingerprint density at radius 2 is 1.81 bits per heavy atom. The molecule has 0 N–H and O–H groups in total. The van der Waals surface area contributed by atoms with Crippen molar-refractivity contribution in [2.45, 2.75) is 11.4 Å². The van der Waals surface area contributed by atoms with Crippen LogP contribution in [0.2, 0.25) is 0 Å². The van der Waals surface area contributed by atoms with E-state index in [-0.39, 0.29) is 17.0 Å². The Kier molecular flexibility index (Phi) is 5.64. The molecule has 9 heteroatoms. The first-order chi connectivity index (χ1) is 15.5. The van der Waals surface area contributed by atoms with Crippen molar-refractivity contribution < 1.29 is 13.2 Å². The van der Waals surface area contributed by atoms with Crippen LogP contribution in [-0.2, 0) is 21.3 Å². The van der Waals surface area contributed by atoms with Crippen molar-refractivity contribution in [3.05, 3.63) is 82.2 Å². The van der Waals surface area contributed by atoms with Gasteiger partial charge in [0.25, 0.3) is 5.56 Å². The van der Waals surface area contributed by atoms with E-state index in [1.165, 1.54) is 26.5 Å². The molecule has 0 radical (unpaired) electrons. The average Bonchev–Trinajstić information content (AvgIpc) is 3.27. The third-order valence-corrected chi connectivity index (χ3v) is 8.29. The van der Waals surface area contributed by atoms with E-state index in [4.69, 9.17) is 4.74 Å². The molecule has 7 nitrogen and oxygen atoms in total. The number of thiophene rings is 1. The topological polar surface area (TPSA) is 81.5 Å². The molecule has 0 unspecified atom stereocenters. The summed E-state index contributed by atoms with van der Waals surface area (Å²) in [6.07, 6.45) is 1.53. The van der Waals surface area contributed by atoms with E-state index in [9.17, 15) is 13.2 Å². The summed E-state index contributed by atoms with van der Waals surface area (Å²) in [5, 5.41) is 2.54. The van der Waals surface area contributed by atoms with Gasteiger partial charge in [0.2, 0.25) is 10.0 Å². The van der Waals surface area contributed by atoms with E-state index in [0.29, 0.717) is 36.5 Å². The fourth-order valence-corrected chi connectivity index (χ4v) is 6.23. The minimum Gasteiger partial charge on any atom is -0.379 e. The number of morpholine rings is 1. The molecule has 0 aliphatic carbocycles. The minimum atomic E-state index is -3.60. The summed E-state index contributed by atoms with van der Waals surface area (Å²) in [4.78, 5) is 18.7. The summed E-state index contributed by atoms with van der Waals surface area (Å²) in [6.45, 7) is 1.70. The van der Waals surface area contributed by atoms with Crippen LogP contribution >= 0.6 is 11.3 Å². The van der Waals surface area contributed by atoms with Gasteiger partial charge in [0.15, 0.2) is 0 Å². The van der Waals surface area contributed by atoms with Crippen molar-refractivity contribution in [3.63, 3.8) is 0 Å². The SMILES string of the molecule is O=c1c2c(-c3ccccc3)csc2ncn1Cc1cccc(S(=O)(=O)N2CCOCC2)c1. The number of hydrogen-bond donors (Lipinski definition) is 0. The lowest BCUT2D eigenvalue weighted by atomic mass is 10.1. The fraction of sp³-hybridized carbons (Fsp3) is 0.217. The molecule has 0 bridgehead atoms. The van der Waals surface area contributed by atoms with Gasteiger partial charge in [-0.25, -0.2) is 13.4 Å². The first kappa shape index (κ1) is 21.0. The standard InChI is InChI=1S/C23H21N3O4S2/c27-23-21-20(18-6-2-1-3-7-18)15-31-22(21)24-16-25(23)14-17-5-4-8-19(13-17)32(28,29)26-9-11-30-12-10-26/h1-8,13,15-16H,9-12,14H2. The number of benzene rings is 2. The van der Waals surface area contributed by atoms with Gasteiger partial charge in [-0.2, -0.15) is 4.31 Å². The van der Waals surface area contributed by atoms with E-state index in [0.717, 1.165) is 16.7 Å². The van der Waals surface area contributed by atoms with Gasteiger partial charge in [-0.05, 0) is 23.3 Å². The second-order valence-electron chi connectivity index (χ2n) is 7.54. The highest BCUT2D eigenvalue weighted by Crippen LogP contribution is 2.30. The Morgan fingerprint density at radius 1 is 1.03 bits per heavy atom. The maximum Gasteiger partial charge on any atom is 0.263 e. The van der Waals surface area contributed by atoms with Gasteiger partial charge in [-0.1, -0.05) is 42.5 Å². The van der Waals surface area contributed by atoms with Crippen molar-refractivity contribution in [2.24, 2.45) is 0 Å². The molecular formula is C23H21N3O4S2. The number of ether oxygens (including phenoxy) is 1. The van der Waals surface area contributed by atoms with E-state index in [2.05, 4.69) is 4.98 Å². The maximum absolute atomic E-state index is 13.3. The van der Waals surface area contributed by atoms with E-state index >= 15 is 0 Å². The fourth-order valence-electron chi connectivity index (χ4n) is 3.85. The lowest BCUT2D eigenvalue weighted by Crippen LogP contribution is -2.40. The summed E-state index contributed by atoms with van der Waals surface area (Å²) in [6, 6.07) is 16.5. The minimum absolute atomic E-state index is 0.142. The Labute approximate surface area is 189 Å². The summed E-state index contributed by atoms with van der Waals surface area (Å²) >= 11 is 1.44. The summed E-state index contributed by atoms with van der Waals surface area (Å²) in [5.74, 6) is 0. The van der Waals surface area contributed by atoms with Crippen LogP contribution in [0.1, 0.15) is 5.56 Å². The first-order valence-electron chi connectivity index (χ1n) is 10.2. The molecule has 0 atom stereocenters. The van der Waals surface area contributed by atoms with E-state index in [1.54, 1.807) is 18.2 Å². The van der Waals surface area contributed by atoms with Crippen LogP contribution < -0.4 is 5.56 Å². The molecule has 164 valence electrons. The molecule has 1 saturated heterocycles. The van der Waals surface area contributed by atoms with Gasteiger partial charge < -0.3 is 4.74 Å². The van der Waals surface area contributed by atoms with E-state index in [1.807, 2.05) is 41.8 Å². The van der Waals surface area contributed by atoms with Gasteiger partial charge in [0.1, 0.15) is 4.83 Å². The number of hydrogen-bond acceptors (Lipinski definition) is 6. The normalized spacial score (nSPS) is 15.2. The molecular weight excluding hydrogens is 446 g/mol. The van der Waals surface area contributed by atoms with E-state index < -0.39 is 10.0 Å². The Bertz CT molecular complexity index is 1420. The molecule has 0 amide bonds. The molecule has 1 fully saturated rings. The van der Waals surface area contributed by atoms with Gasteiger partial charge in [0, 0.05) is 24.0 Å². The second-order valence-corrected chi connectivity index (χ2v) is 10.3. The average molecular weight is 468 g/mol. The monoisotopic (exact) mass is 467 g/mol. The van der Waals surface area contributed by atoms with Crippen LogP contribution in [0, 0.1) is 0 Å². The number of fused-ring (bicyclic) bond motifs is 1. The Morgan fingerprint density at radius 3 is 2.59 bits per heavy atom. The zero-order valence-electron chi connectivity index (χ0n) is 17.2. The van der Waals surface area contributed by atoms with Crippen LogP contribution in [0.15, 0.2) is 76.0 Å². The van der Waals surface area contributed by atoms with Crippen molar-refractivity contribution in [3.8, 4) is 11.1 Å². The zero-order valence-corrected chi connectivity index (χ0v) is 18.8. The molecule has 4 aromatic rings. The van der Waals surface area contributed by atoms with Gasteiger partial charge in [-0.3, -0.25) is 9.36 Å². The predicted octanol–water partition coefficient (Wildman–Crippen LogP) is 3.19. The van der Waals surface area contributed by atoms with Crippen LogP contribution in [0.25, 0.3) is 21.3 Å². The molecule has 0 saturated carbocycles. The lowest BCUT2D eigenvalue weighted by Gasteiger charge is -2.26.